The van der Waals surface area contributed by atoms with Gasteiger partial charge >= 0.3 is 0 Å². The molecule has 94 valence electrons. The van der Waals surface area contributed by atoms with E-state index in [4.69, 9.17) is 5.73 Å². The highest BCUT2D eigenvalue weighted by molar-refractivity contribution is 5.84. The Bertz CT molecular complexity index is 230. The first-order valence-corrected chi connectivity index (χ1v) is 6.12. The Morgan fingerprint density at radius 1 is 1.50 bits per heavy atom. The van der Waals surface area contributed by atoms with Crippen molar-refractivity contribution in [2.75, 3.05) is 27.2 Å². The lowest BCUT2D eigenvalue weighted by Crippen LogP contribution is -2.46. The largest absolute Gasteiger partial charge is 0.337 e. The fourth-order valence-corrected chi connectivity index (χ4v) is 2.35. The minimum absolute atomic E-state index is 0.132. The van der Waals surface area contributed by atoms with E-state index in [9.17, 15) is 4.79 Å². The normalized spacial score (nSPS) is 23.6. The average Bonchev–Trinajstić information content (AvgIpc) is 2.45. The Morgan fingerprint density at radius 3 is 2.50 bits per heavy atom. The molecule has 0 aromatic heterocycles. The van der Waals surface area contributed by atoms with Crippen LogP contribution in [0.2, 0.25) is 0 Å². The van der Waals surface area contributed by atoms with E-state index in [1.54, 1.807) is 0 Å². The molecular weight excluding hydrogens is 202 g/mol. The van der Waals surface area contributed by atoms with Gasteiger partial charge in [-0.2, -0.15) is 0 Å². The molecule has 16 heavy (non-hydrogen) atoms. The zero-order valence-electron chi connectivity index (χ0n) is 10.9. The van der Waals surface area contributed by atoms with Gasteiger partial charge in [0.05, 0.1) is 6.04 Å². The topological polar surface area (TPSA) is 49.6 Å². The summed E-state index contributed by atoms with van der Waals surface area (Å²) in [6.07, 6.45) is 1.86. The molecule has 2 unspecified atom stereocenters. The van der Waals surface area contributed by atoms with Crippen LogP contribution in [0, 0.1) is 5.92 Å². The molecule has 1 amide bonds. The number of hydrogen-bond donors (Lipinski definition) is 1. The molecule has 0 radical (unpaired) electrons. The Labute approximate surface area is 98.8 Å². The van der Waals surface area contributed by atoms with E-state index in [0.29, 0.717) is 12.0 Å². The van der Waals surface area contributed by atoms with Gasteiger partial charge in [-0.05, 0) is 32.9 Å². The molecule has 1 fully saturated rings. The van der Waals surface area contributed by atoms with Gasteiger partial charge in [0, 0.05) is 19.1 Å². The Hall–Kier alpha value is -0.610. The minimum atomic E-state index is -0.267. The molecule has 0 aromatic carbocycles. The summed E-state index contributed by atoms with van der Waals surface area (Å²) in [5.41, 5.74) is 5.76. The van der Waals surface area contributed by atoms with Gasteiger partial charge in [-0.15, -0.1) is 0 Å². The number of likely N-dealkylation sites (tertiary alicyclic amines) is 1. The summed E-state index contributed by atoms with van der Waals surface area (Å²) in [6, 6.07) is 0.0490. The second-order valence-corrected chi connectivity index (χ2v) is 5.47. The van der Waals surface area contributed by atoms with Gasteiger partial charge < -0.3 is 15.5 Å². The molecule has 0 saturated carbocycles. The number of nitrogens with zero attached hydrogens (tertiary/aromatic N) is 2. The zero-order chi connectivity index (χ0) is 12.3. The predicted octanol–water partition coefficient (Wildman–Crippen LogP) is 0.522. The molecule has 1 aliphatic rings. The Morgan fingerprint density at radius 2 is 2.12 bits per heavy atom. The Kier molecular flexibility index (Phi) is 4.74. The second kappa shape index (κ2) is 5.64. The SMILES string of the molecule is CC(C)CC(CN(C)C)N1CCC(N)C1=O. The third-order valence-electron chi connectivity index (χ3n) is 3.04. The van der Waals surface area contributed by atoms with Crippen LogP contribution in [0.5, 0.6) is 0 Å². The number of nitrogens with two attached hydrogens (primary N) is 1. The van der Waals surface area contributed by atoms with Crippen molar-refractivity contribution in [3.8, 4) is 0 Å². The molecule has 1 saturated heterocycles. The van der Waals surface area contributed by atoms with Gasteiger partial charge in [-0.1, -0.05) is 13.8 Å². The maximum absolute atomic E-state index is 11.9. The van der Waals surface area contributed by atoms with Crippen LogP contribution in [0.15, 0.2) is 0 Å². The lowest BCUT2D eigenvalue weighted by molar-refractivity contribution is -0.131. The van der Waals surface area contributed by atoms with Crippen molar-refractivity contribution in [3.63, 3.8) is 0 Å². The summed E-state index contributed by atoms with van der Waals surface area (Å²) in [7, 11) is 4.10. The van der Waals surface area contributed by atoms with Crippen molar-refractivity contribution in [3.05, 3.63) is 0 Å². The highest BCUT2D eigenvalue weighted by Crippen LogP contribution is 2.19. The maximum atomic E-state index is 11.9. The van der Waals surface area contributed by atoms with Gasteiger partial charge in [0.1, 0.15) is 0 Å². The van der Waals surface area contributed by atoms with Gasteiger partial charge in [0.25, 0.3) is 0 Å². The standard InChI is InChI=1S/C12H25N3O/c1-9(2)7-10(8-14(3)4)15-6-5-11(13)12(15)16/h9-11H,5-8,13H2,1-4H3. The molecule has 1 aliphatic heterocycles. The lowest BCUT2D eigenvalue weighted by Gasteiger charge is -2.31. The quantitative estimate of drug-likeness (QED) is 0.745. The van der Waals surface area contributed by atoms with E-state index in [0.717, 1.165) is 25.9 Å². The fraction of sp³-hybridized carbons (Fsp3) is 0.917. The van der Waals surface area contributed by atoms with E-state index in [2.05, 4.69) is 18.7 Å². The number of carbonyl (C=O) groups is 1. The van der Waals surface area contributed by atoms with Crippen LogP contribution in [-0.2, 0) is 4.79 Å². The van der Waals surface area contributed by atoms with Crippen molar-refractivity contribution in [1.29, 1.82) is 0 Å². The monoisotopic (exact) mass is 227 g/mol. The summed E-state index contributed by atoms with van der Waals surface area (Å²) in [4.78, 5) is 16.0. The third kappa shape index (κ3) is 3.46. The van der Waals surface area contributed by atoms with Crippen molar-refractivity contribution >= 4 is 5.91 Å². The molecule has 4 nitrogen and oxygen atoms in total. The predicted molar refractivity (Wildman–Crippen MR) is 66.1 cm³/mol. The fourth-order valence-electron chi connectivity index (χ4n) is 2.35. The van der Waals surface area contributed by atoms with Crippen molar-refractivity contribution in [2.45, 2.75) is 38.8 Å². The number of amides is 1. The molecule has 0 bridgehead atoms. The van der Waals surface area contributed by atoms with Crippen LogP contribution in [0.3, 0.4) is 0 Å². The smallest absolute Gasteiger partial charge is 0.239 e. The molecule has 0 aliphatic carbocycles. The number of likely N-dealkylation sites (N-methyl/N-ethyl adjacent to an activating group) is 1. The molecule has 2 N–H and O–H groups in total. The molecule has 0 aromatic rings. The van der Waals surface area contributed by atoms with Gasteiger partial charge in [-0.25, -0.2) is 0 Å². The molecule has 2 atom stereocenters. The molecule has 1 heterocycles. The molecule has 1 rings (SSSR count). The summed E-state index contributed by atoms with van der Waals surface area (Å²) in [6.45, 7) is 6.15. The van der Waals surface area contributed by atoms with Crippen LogP contribution in [-0.4, -0.2) is 55.0 Å². The first-order chi connectivity index (χ1) is 7.41. The van der Waals surface area contributed by atoms with Gasteiger partial charge in [0.2, 0.25) is 5.91 Å². The molecule has 0 spiro atoms. The first kappa shape index (κ1) is 13.5. The van der Waals surface area contributed by atoms with E-state index < -0.39 is 0 Å². The van der Waals surface area contributed by atoms with E-state index in [-0.39, 0.29) is 11.9 Å². The zero-order valence-corrected chi connectivity index (χ0v) is 10.9. The Balaban J connectivity index is 2.64. The maximum Gasteiger partial charge on any atom is 0.239 e. The lowest BCUT2D eigenvalue weighted by atomic mass is 10.0. The first-order valence-electron chi connectivity index (χ1n) is 6.12. The van der Waals surface area contributed by atoms with Crippen LogP contribution < -0.4 is 5.73 Å². The summed E-state index contributed by atoms with van der Waals surface area (Å²) >= 11 is 0. The molecule has 4 heteroatoms. The van der Waals surface area contributed by atoms with E-state index >= 15 is 0 Å². The molecular formula is C12H25N3O. The summed E-state index contributed by atoms with van der Waals surface area (Å²) in [5, 5.41) is 0. The van der Waals surface area contributed by atoms with Crippen LogP contribution in [0.25, 0.3) is 0 Å². The van der Waals surface area contributed by atoms with Crippen molar-refractivity contribution in [2.24, 2.45) is 11.7 Å². The number of hydrogen-bond acceptors (Lipinski definition) is 3. The van der Waals surface area contributed by atoms with Crippen LogP contribution in [0.4, 0.5) is 0 Å². The van der Waals surface area contributed by atoms with Crippen LogP contribution >= 0.6 is 0 Å². The second-order valence-electron chi connectivity index (χ2n) is 5.47. The minimum Gasteiger partial charge on any atom is -0.337 e. The number of carbonyl (C=O) groups excluding carboxylic acids is 1. The summed E-state index contributed by atoms with van der Waals surface area (Å²) in [5.74, 6) is 0.738. The van der Waals surface area contributed by atoms with Crippen LogP contribution in [0.1, 0.15) is 26.7 Å². The van der Waals surface area contributed by atoms with E-state index in [1.807, 2.05) is 19.0 Å². The highest BCUT2D eigenvalue weighted by Gasteiger charge is 2.33. The van der Waals surface area contributed by atoms with Crippen molar-refractivity contribution in [1.82, 2.24) is 9.80 Å². The van der Waals surface area contributed by atoms with E-state index in [1.165, 1.54) is 0 Å². The average molecular weight is 227 g/mol. The number of rotatable bonds is 5. The van der Waals surface area contributed by atoms with Crippen molar-refractivity contribution < 1.29 is 4.79 Å². The highest BCUT2D eigenvalue weighted by atomic mass is 16.2. The van der Waals surface area contributed by atoms with Gasteiger partial charge in [0.15, 0.2) is 0 Å². The summed E-state index contributed by atoms with van der Waals surface area (Å²) < 4.78 is 0. The van der Waals surface area contributed by atoms with Gasteiger partial charge in [-0.3, -0.25) is 4.79 Å². The third-order valence-corrected chi connectivity index (χ3v) is 3.04.